The molecule has 0 saturated carbocycles. The highest BCUT2D eigenvalue weighted by Gasteiger charge is 2.15. The van der Waals surface area contributed by atoms with E-state index in [0.29, 0.717) is 12.3 Å². The predicted molar refractivity (Wildman–Crippen MR) is 79.1 cm³/mol. The first-order chi connectivity index (χ1) is 9.74. The van der Waals surface area contributed by atoms with Crippen LogP contribution in [0.5, 0.6) is 11.6 Å². The minimum absolute atomic E-state index is 0.0493. The molecule has 0 fully saturated rings. The Bertz CT molecular complexity index is 704. The van der Waals surface area contributed by atoms with E-state index in [1.807, 2.05) is 66.1 Å². The molecule has 3 rings (SSSR count). The van der Waals surface area contributed by atoms with E-state index >= 15 is 0 Å². The largest absolute Gasteiger partial charge is 0.437 e. The Morgan fingerprint density at radius 2 is 1.90 bits per heavy atom. The number of imidazole rings is 1. The van der Waals surface area contributed by atoms with E-state index in [2.05, 4.69) is 4.98 Å². The monoisotopic (exact) mass is 267 g/mol. The lowest BCUT2D eigenvalue weighted by Crippen LogP contribution is -2.19. The third kappa shape index (κ3) is 2.51. The zero-order chi connectivity index (χ0) is 13.9. The Morgan fingerprint density at radius 1 is 1.15 bits per heavy atom. The van der Waals surface area contributed by atoms with E-state index in [-0.39, 0.29) is 6.04 Å². The van der Waals surface area contributed by atoms with Crippen LogP contribution in [0.2, 0.25) is 0 Å². The Labute approximate surface area is 117 Å². The number of para-hydroxylation sites is 1. The fourth-order valence-electron chi connectivity index (χ4n) is 2.20. The van der Waals surface area contributed by atoms with Gasteiger partial charge in [-0.15, -0.1) is 0 Å². The van der Waals surface area contributed by atoms with Crippen molar-refractivity contribution in [1.29, 1.82) is 0 Å². The minimum atomic E-state index is 0.0493. The molecule has 0 aliphatic heterocycles. The van der Waals surface area contributed by atoms with Crippen LogP contribution in [0, 0.1) is 0 Å². The molecule has 4 nitrogen and oxygen atoms in total. The summed E-state index contributed by atoms with van der Waals surface area (Å²) in [5, 5.41) is 0. The molecule has 0 amide bonds. The molecule has 0 bridgehead atoms. The van der Waals surface area contributed by atoms with Crippen LogP contribution < -0.4 is 10.5 Å². The maximum atomic E-state index is 5.94. The summed E-state index contributed by atoms with van der Waals surface area (Å²) in [7, 11) is 0. The molecule has 0 aliphatic carbocycles. The number of rotatable bonds is 4. The Morgan fingerprint density at radius 3 is 2.65 bits per heavy atom. The highest BCUT2D eigenvalue weighted by molar-refractivity contribution is 5.47. The van der Waals surface area contributed by atoms with E-state index in [9.17, 15) is 0 Å². The third-order valence-corrected chi connectivity index (χ3v) is 3.07. The molecule has 1 unspecified atom stereocenters. The lowest BCUT2D eigenvalue weighted by Gasteiger charge is -2.08. The highest BCUT2D eigenvalue weighted by Crippen LogP contribution is 2.26. The summed E-state index contributed by atoms with van der Waals surface area (Å²) >= 11 is 0. The van der Waals surface area contributed by atoms with Gasteiger partial charge in [-0.2, -0.15) is 4.98 Å². The van der Waals surface area contributed by atoms with Gasteiger partial charge in [0.05, 0.1) is 5.69 Å². The number of fused-ring (bicyclic) bond motifs is 1. The van der Waals surface area contributed by atoms with Gasteiger partial charge in [0.2, 0.25) is 5.88 Å². The van der Waals surface area contributed by atoms with Crippen molar-refractivity contribution in [2.75, 3.05) is 0 Å². The number of aromatic nitrogens is 2. The second-order valence-corrected chi connectivity index (χ2v) is 4.89. The second-order valence-electron chi connectivity index (χ2n) is 4.89. The summed E-state index contributed by atoms with van der Waals surface area (Å²) in [6.45, 7) is 1.98. The van der Waals surface area contributed by atoms with Crippen LogP contribution in [0.15, 0.2) is 54.7 Å². The zero-order valence-corrected chi connectivity index (χ0v) is 11.4. The van der Waals surface area contributed by atoms with E-state index in [1.54, 1.807) is 0 Å². The quantitative estimate of drug-likeness (QED) is 0.790. The average molecular weight is 267 g/mol. The molecule has 0 radical (unpaired) electrons. The summed E-state index contributed by atoms with van der Waals surface area (Å²) in [5.41, 5.74) is 7.81. The van der Waals surface area contributed by atoms with Gasteiger partial charge in [0.15, 0.2) is 0 Å². The van der Waals surface area contributed by atoms with Gasteiger partial charge in [0.25, 0.3) is 0 Å². The molecule has 2 aromatic heterocycles. The summed E-state index contributed by atoms with van der Waals surface area (Å²) in [6, 6.07) is 15.6. The lowest BCUT2D eigenvalue weighted by atomic mass is 10.2. The molecule has 1 aromatic carbocycles. The number of ether oxygens (including phenoxy) is 1. The van der Waals surface area contributed by atoms with Gasteiger partial charge in [0.1, 0.15) is 11.4 Å². The molecule has 0 saturated heterocycles. The number of hydrogen-bond donors (Lipinski definition) is 1. The van der Waals surface area contributed by atoms with Crippen LogP contribution in [0.25, 0.3) is 5.65 Å². The van der Waals surface area contributed by atoms with E-state index in [1.165, 1.54) is 0 Å². The third-order valence-electron chi connectivity index (χ3n) is 3.07. The Balaban J connectivity index is 2.04. The van der Waals surface area contributed by atoms with Crippen molar-refractivity contribution in [3.8, 4) is 11.6 Å². The van der Waals surface area contributed by atoms with Gasteiger partial charge in [-0.3, -0.25) is 0 Å². The van der Waals surface area contributed by atoms with Crippen molar-refractivity contribution in [2.45, 2.75) is 19.4 Å². The first-order valence-corrected chi connectivity index (χ1v) is 6.68. The van der Waals surface area contributed by atoms with E-state index in [4.69, 9.17) is 10.5 Å². The first kappa shape index (κ1) is 12.7. The topological polar surface area (TPSA) is 52.5 Å². The molecule has 4 heteroatoms. The molecule has 20 heavy (non-hydrogen) atoms. The van der Waals surface area contributed by atoms with E-state index < -0.39 is 0 Å². The van der Waals surface area contributed by atoms with Crippen molar-refractivity contribution in [2.24, 2.45) is 5.73 Å². The molecule has 0 spiro atoms. The molecule has 2 heterocycles. The fourth-order valence-corrected chi connectivity index (χ4v) is 2.20. The van der Waals surface area contributed by atoms with Crippen molar-refractivity contribution in [3.05, 3.63) is 60.4 Å². The smallest absolute Gasteiger partial charge is 0.241 e. The molecular formula is C16H17N3O. The molecule has 1 atom stereocenters. The highest BCUT2D eigenvalue weighted by atomic mass is 16.5. The van der Waals surface area contributed by atoms with Crippen LogP contribution in [0.4, 0.5) is 0 Å². The summed E-state index contributed by atoms with van der Waals surface area (Å²) < 4.78 is 7.94. The van der Waals surface area contributed by atoms with Crippen molar-refractivity contribution in [1.82, 2.24) is 9.38 Å². The van der Waals surface area contributed by atoms with Crippen LogP contribution in [0.3, 0.4) is 0 Å². The molecule has 3 aromatic rings. The summed E-state index contributed by atoms with van der Waals surface area (Å²) in [4.78, 5) is 4.55. The van der Waals surface area contributed by atoms with Crippen LogP contribution in [-0.4, -0.2) is 15.4 Å². The second kappa shape index (κ2) is 5.35. The number of hydrogen-bond acceptors (Lipinski definition) is 3. The van der Waals surface area contributed by atoms with Gasteiger partial charge < -0.3 is 14.9 Å². The number of nitrogens with zero attached hydrogens (tertiary/aromatic N) is 2. The van der Waals surface area contributed by atoms with Crippen molar-refractivity contribution < 1.29 is 4.74 Å². The number of nitrogens with two attached hydrogens (primary N) is 1. The van der Waals surface area contributed by atoms with Crippen molar-refractivity contribution in [3.63, 3.8) is 0 Å². The molecule has 0 aliphatic rings. The van der Waals surface area contributed by atoms with Crippen molar-refractivity contribution >= 4 is 5.65 Å². The van der Waals surface area contributed by atoms with Crippen LogP contribution in [-0.2, 0) is 6.42 Å². The van der Waals surface area contributed by atoms with E-state index in [0.717, 1.165) is 17.1 Å². The lowest BCUT2D eigenvalue weighted by molar-refractivity contribution is 0.456. The predicted octanol–water partition coefficient (Wildman–Crippen LogP) is 3.02. The maximum absolute atomic E-state index is 5.94. The van der Waals surface area contributed by atoms with Gasteiger partial charge >= 0.3 is 0 Å². The first-order valence-electron chi connectivity index (χ1n) is 6.68. The van der Waals surface area contributed by atoms with Gasteiger partial charge in [-0.1, -0.05) is 24.3 Å². The maximum Gasteiger partial charge on any atom is 0.241 e. The molecule has 102 valence electrons. The fraction of sp³-hybridized carbons (Fsp3) is 0.188. The minimum Gasteiger partial charge on any atom is -0.437 e. The Kier molecular flexibility index (Phi) is 3.39. The standard InChI is InChI=1S/C16H17N3O/c1-12(17)11-14-16(20-13-7-3-2-4-8-13)18-15-9-5-6-10-19(14)15/h2-10,12H,11,17H2,1H3. The average Bonchev–Trinajstić information content (AvgIpc) is 2.78. The zero-order valence-electron chi connectivity index (χ0n) is 11.4. The van der Waals surface area contributed by atoms with Crippen LogP contribution >= 0.6 is 0 Å². The van der Waals surface area contributed by atoms with Gasteiger partial charge in [-0.25, -0.2) is 0 Å². The number of pyridine rings is 1. The molecule has 2 N–H and O–H groups in total. The van der Waals surface area contributed by atoms with Crippen LogP contribution in [0.1, 0.15) is 12.6 Å². The number of benzene rings is 1. The van der Waals surface area contributed by atoms with Gasteiger partial charge in [0, 0.05) is 18.7 Å². The summed E-state index contributed by atoms with van der Waals surface area (Å²) in [5.74, 6) is 1.40. The van der Waals surface area contributed by atoms with Gasteiger partial charge in [-0.05, 0) is 31.2 Å². The SMILES string of the molecule is CC(N)Cc1c(Oc2ccccc2)nc2ccccn12. The molecular weight excluding hydrogens is 250 g/mol. The summed E-state index contributed by atoms with van der Waals surface area (Å²) in [6.07, 6.45) is 2.70. The normalized spacial score (nSPS) is 12.5. The Hall–Kier alpha value is -2.33.